The first kappa shape index (κ1) is 14.4. The highest BCUT2D eigenvalue weighted by Gasteiger charge is 2.01. The van der Waals surface area contributed by atoms with Crippen molar-refractivity contribution in [1.29, 1.82) is 0 Å². The molecule has 0 unspecified atom stereocenters. The summed E-state index contributed by atoms with van der Waals surface area (Å²) in [5.74, 6) is 7.05. The van der Waals surface area contributed by atoms with Gasteiger partial charge in [0.2, 0.25) is 0 Å². The van der Waals surface area contributed by atoms with Crippen LogP contribution in [0.2, 0.25) is 0 Å². The lowest BCUT2D eigenvalue weighted by atomic mass is 10.2. The van der Waals surface area contributed by atoms with Gasteiger partial charge in [-0.25, -0.2) is 0 Å². The number of hydrogen-bond acceptors (Lipinski definition) is 5. The number of aliphatic hydroxyl groups excluding tert-OH is 1. The van der Waals surface area contributed by atoms with Crippen molar-refractivity contribution < 1.29 is 9.84 Å². The van der Waals surface area contributed by atoms with Gasteiger partial charge >= 0.3 is 0 Å². The van der Waals surface area contributed by atoms with Gasteiger partial charge < -0.3 is 14.4 Å². The van der Waals surface area contributed by atoms with E-state index < -0.39 is 0 Å². The van der Waals surface area contributed by atoms with Crippen molar-refractivity contribution in [3.05, 3.63) is 36.2 Å². The van der Waals surface area contributed by atoms with E-state index in [4.69, 9.17) is 9.84 Å². The second-order valence-electron chi connectivity index (χ2n) is 3.91. The highest BCUT2D eigenvalue weighted by molar-refractivity contribution is 7.99. The quantitative estimate of drug-likeness (QED) is 0.511. The van der Waals surface area contributed by atoms with Crippen LogP contribution in [0.1, 0.15) is 5.56 Å². The Morgan fingerprint density at radius 1 is 1.35 bits per heavy atom. The van der Waals surface area contributed by atoms with Crippen LogP contribution in [0.5, 0.6) is 5.75 Å². The highest BCUT2D eigenvalue weighted by atomic mass is 32.2. The zero-order valence-corrected chi connectivity index (χ0v) is 11.9. The van der Waals surface area contributed by atoms with Gasteiger partial charge in [-0.05, 0) is 24.3 Å². The summed E-state index contributed by atoms with van der Waals surface area (Å²) in [5, 5.41) is 17.3. The summed E-state index contributed by atoms with van der Waals surface area (Å²) >= 11 is 1.60. The molecule has 1 heterocycles. The lowest BCUT2D eigenvalue weighted by Crippen LogP contribution is -2.01. The lowest BCUT2D eigenvalue weighted by Gasteiger charge is -2.05. The first-order valence-electron chi connectivity index (χ1n) is 6.09. The van der Waals surface area contributed by atoms with Gasteiger partial charge in [0.1, 0.15) is 18.7 Å². The summed E-state index contributed by atoms with van der Waals surface area (Å²) in [6.07, 6.45) is 1.68. The van der Waals surface area contributed by atoms with Crippen LogP contribution in [0, 0.1) is 11.8 Å². The predicted molar refractivity (Wildman–Crippen MR) is 77.6 cm³/mol. The molecule has 0 saturated heterocycles. The third kappa shape index (κ3) is 4.30. The van der Waals surface area contributed by atoms with Crippen LogP contribution < -0.4 is 4.74 Å². The molecule has 6 heteroatoms. The molecule has 0 saturated carbocycles. The van der Waals surface area contributed by atoms with Gasteiger partial charge in [-0.2, -0.15) is 0 Å². The molecule has 1 N–H and O–H groups in total. The molecule has 0 aliphatic carbocycles. The van der Waals surface area contributed by atoms with Gasteiger partial charge in [-0.15, -0.1) is 10.2 Å². The van der Waals surface area contributed by atoms with Crippen LogP contribution in [-0.2, 0) is 7.05 Å². The van der Waals surface area contributed by atoms with Gasteiger partial charge in [0.05, 0.1) is 6.61 Å². The fourth-order valence-electron chi connectivity index (χ4n) is 1.47. The maximum absolute atomic E-state index is 8.61. The maximum Gasteiger partial charge on any atom is 0.190 e. The molecule has 1 aromatic carbocycles. The Hall–Kier alpha value is -1.97. The van der Waals surface area contributed by atoms with Crippen molar-refractivity contribution in [3.8, 4) is 17.6 Å². The number of thioether (sulfide) groups is 1. The van der Waals surface area contributed by atoms with Gasteiger partial charge in [-0.1, -0.05) is 23.6 Å². The van der Waals surface area contributed by atoms with Crippen LogP contribution in [-0.4, -0.2) is 38.8 Å². The standard InChI is InChI=1S/C14H15N3O2S/c1-17-11-15-16-14(17)20-10-9-19-13-6-4-12(5-7-13)3-2-8-18/h4-7,11,18H,8-10H2,1H3. The Labute approximate surface area is 122 Å². The maximum atomic E-state index is 8.61. The normalized spacial score (nSPS) is 9.90. The molecule has 0 atom stereocenters. The minimum absolute atomic E-state index is 0.127. The van der Waals surface area contributed by atoms with E-state index >= 15 is 0 Å². The molecular formula is C14H15N3O2S. The molecule has 0 amide bonds. The molecule has 1 aromatic heterocycles. The number of aromatic nitrogens is 3. The molecule has 0 spiro atoms. The SMILES string of the molecule is Cn1cnnc1SCCOc1ccc(C#CCO)cc1. The summed E-state index contributed by atoms with van der Waals surface area (Å²) in [6.45, 7) is 0.469. The Morgan fingerprint density at radius 2 is 2.15 bits per heavy atom. The highest BCUT2D eigenvalue weighted by Crippen LogP contribution is 2.15. The summed E-state index contributed by atoms with van der Waals surface area (Å²) < 4.78 is 7.50. The molecule has 2 aromatic rings. The number of aliphatic hydroxyl groups is 1. The van der Waals surface area contributed by atoms with E-state index in [0.717, 1.165) is 22.2 Å². The number of rotatable bonds is 5. The first-order chi connectivity index (χ1) is 9.79. The number of ether oxygens (including phenoxy) is 1. The average molecular weight is 289 g/mol. The summed E-state index contributed by atoms with van der Waals surface area (Å²) in [4.78, 5) is 0. The Balaban J connectivity index is 1.75. The zero-order chi connectivity index (χ0) is 14.2. The van der Waals surface area contributed by atoms with Gasteiger partial charge in [0.15, 0.2) is 5.16 Å². The number of hydrogen-bond donors (Lipinski definition) is 1. The van der Waals surface area contributed by atoms with Gasteiger partial charge in [0.25, 0.3) is 0 Å². The second-order valence-corrected chi connectivity index (χ2v) is 4.97. The third-order valence-electron chi connectivity index (χ3n) is 2.42. The minimum atomic E-state index is -0.127. The fraction of sp³-hybridized carbons (Fsp3) is 0.286. The van der Waals surface area contributed by atoms with Crippen molar-refractivity contribution in [1.82, 2.24) is 14.8 Å². The topological polar surface area (TPSA) is 60.2 Å². The van der Waals surface area contributed by atoms with Crippen LogP contribution in [0.15, 0.2) is 35.7 Å². The summed E-state index contributed by atoms with van der Waals surface area (Å²) in [6, 6.07) is 7.48. The van der Waals surface area contributed by atoms with Crippen LogP contribution in [0.4, 0.5) is 0 Å². The van der Waals surface area contributed by atoms with E-state index in [9.17, 15) is 0 Å². The van der Waals surface area contributed by atoms with E-state index in [0.29, 0.717) is 6.61 Å². The van der Waals surface area contributed by atoms with Gasteiger partial charge in [-0.3, -0.25) is 0 Å². The van der Waals surface area contributed by atoms with E-state index in [1.165, 1.54) is 0 Å². The molecule has 5 nitrogen and oxygen atoms in total. The van der Waals surface area contributed by atoms with Crippen molar-refractivity contribution in [2.75, 3.05) is 19.0 Å². The van der Waals surface area contributed by atoms with Crippen LogP contribution in [0.3, 0.4) is 0 Å². The van der Waals surface area contributed by atoms with Gasteiger partial charge in [0, 0.05) is 18.4 Å². The van der Waals surface area contributed by atoms with E-state index in [1.54, 1.807) is 18.1 Å². The number of aryl methyl sites for hydroxylation is 1. The molecule has 0 aliphatic heterocycles. The molecule has 2 rings (SSSR count). The predicted octanol–water partition coefficient (Wildman–Crippen LogP) is 1.33. The monoisotopic (exact) mass is 289 g/mol. The minimum Gasteiger partial charge on any atom is -0.493 e. The number of benzene rings is 1. The molecule has 0 bridgehead atoms. The first-order valence-corrected chi connectivity index (χ1v) is 7.07. The molecule has 20 heavy (non-hydrogen) atoms. The Kier molecular flexibility index (Phi) is 5.47. The largest absolute Gasteiger partial charge is 0.493 e. The Bertz CT molecular complexity index is 599. The lowest BCUT2D eigenvalue weighted by molar-refractivity contribution is 0.344. The van der Waals surface area contributed by atoms with E-state index in [-0.39, 0.29) is 6.61 Å². The molecule has 0 aliphatic rings. The van der Waals surface area contributed by atoms with Crippen LogP contribution >= 0.6 is 11.8 Å². The van der Waals surface area contributed by atoms with Crippen molar-refractivity contribution in [3.63, 3.8) is 0 Å². The Morgan fingerprint density at radius 3 is 2.80 bits per heavy atom. The third-order valence-corrected chi connectivity index (χ3v) is 3.42. The average Bonchev–Trinajstić information content (AvgIpc) is 2.88. The fourth-order valence-corrected chi connectivity index (χ4v) is 2.18. The summed E-state index contributed by atoms with van der Waals surface area (Å²) in [7, 11) is 1.91. The van der Waals surface area contributed by atoms with Crippen molar-refractivity contribution >= 4 is 11.8 Å². The zero-order valence-electron chi connectivity index (χ0n) is 11.1. The second kappa shape index (κ2) is 7.58. The molecule has 0 radical (unpaired) electrons. The van der Waals surface area contributed by atoms with E-state index in [1.807, 2.05) is 35.9 Å². The van der Waals surface area contributed by atoms with Crippen molar-refractivity contribution in [2.45, 2.75) is 5.16 Å². The molecule has 104 valence electrons. The van der Waals surface area contributed by atoms with E-state index in [2.05, 4.69) is 22.0 Å². The van der Waals surface area contributed by atoms with Crippen molar-refractivity contribution in [2.24, 2.45) is 7.05 Å². The van der Waals surface area contributed by atoms with Crippen LogP contribution in [0.25, 0.3) is 0 Å². The summed E-state index contributed by atoms with van der Waals surface area (Å²) in [5.41, 5.74) is 0.861. The smallest absolute Gasteiger partial charge is 0.190 e. The molecular weight excluding hydrogens is 274 g/mol. The number of nitrogens with zero attached hydrogens (tertiary/aromatic N) is 3. The molecule has 0 fully saturated rings.